The molecule has 0 heterocycles. The zero-order chi connectivity index (χ0) is 14.6. The Bertz CT molecular complexity index is 366. The fraction of sp³-hybridized carbons (Fsp3) is 0.647. The molecule has 0 saturated carbocycles. The number of unbranched alkanes of at least 4 members (excludes halogenated alkanes) is 1. The number of aryl methyl sites for hydroxylation is 1. The molecule has 114 valence electrons. The first-order valence-corrected chi connectivity index (χ1v) is 7.91. The van der Waals surface area contributed by atoms with E-state index in [2.05, 4.69) is 24.4 Å². The Kier molecular flexibility index (Phi) is 8.88. The van der Waals surface area contributed by atoms with Gasteiger partial charge in [-0.2, -0.15) is 0 Å². The summed E-state index contributed by atoms with van der Waals surface area (Å²) in [6, 6.07) is 6.29. The van der Waals surface area contributed by atoms with Gasteiger partial charge >= 0.3 is 0 Å². The highest BCUT2D eigenvalue weighted by atomic mass is 16.5. The Balaban J connectivity index is 2.43. The summed E-state index contributed by atoms with van der Waals surface area (Å²) in [6.07, 6.45) is 4.73. The minimum atomic E-state index is 0.669. The number of rotatable bonds is 11. The smallest absolute Gasteiger partial charge is 0.161 e. The van der Waals surface area contributed by atoms with E-state index in [1.54, 1.807) is 0 Å². The van der Waals surface area contributed by atoms with Gasteiger partial charge in [0.2, 0.25) is 0 Å². The predicted molar refractivity (Wildman–Crippen MR) is 84.9 cm³/mol. The lowest BCUT2D eigenvalue weighted by molar-refractivity contribution is 0.287. The second-order valence-corrected chi connectivity index (χ2v) is 4.85. The molecule has 0 radical (unpaired) electrons. The largest absolute Gasteiger partial charge is 0.490 e. The van der Waals surface area contributed by atoms with Crippen LogP contribution in [0.5, 0.6) is 11.5 Å². The lowest BCUT2D eigenvalue weighted by atomic mass is 10.1. The Morgan fingerprint density at radius 2 is 1.65 bits per heavy atom. The van der Waals surface area contributed by atoms with Crippen molar-refractivity contribution in [3.63, 3.8) is 0 Å². The van der Waals surface area contributed by atoms with Crippen LogP contribution in [0, 0.1) is 0 Å². The van der Waals surface area contributed by atoms with E-state index in [4.69, 9.17) is 9.47 Å². The van der Waals surface area contributed by atoms with Gasteiger partial charge in [-0.15, -0.1) is 0 Å². The minimum absolute atomic E-state index is 0.669. The molecule has 0 aliphatic carbocycles. The van der Waals surface area contributed by atoms with E-state index in [9.17, 15) is 0 Å². The van der Waals surface area contributed by atoms with E-state index in [1.165, 1.54) is 24.8 Å². The molecule has 0 spiro atoms. The van der Waals surface area contributed by atoms with Crippen LogP contribution >= 0.6 is 0 Å². The predicted octanol–water partition coefficient (Wildman–Crippen LogP) is 3.81. The van der Waals surface area contributed by atoms with Crippen molar-refractivity contribution in [2.24, 2.45) is 0 Å². The normalized spacial score (nSPS) is 10.6. The summed E-state index contributed by atoms with van der Waals surface area (Å²) in [5.74, 6) is 1.72. The molecule has 3 heteroatoms. The van der Waals surface area contributed by atoms with Gasteiger partial charge in [0, 0.05) is 0 Å². The third kappa shape index (κ3) is 6.29. The molecule has 0 aliphatic heterocycles. The summed E-state index contributed by atoms with van der Waals surface area (Å²) in [7, 11) is 0. The van der Waals surface area contributed by atoms with E-state index < -0.39 is 0 Å². The maximum absolute atomic E-state index is 5.65. The highest BCUT2D eigenvalue weighted by molar-refractivity contribution is 5.43. The average Bonchev–Trinajstić information content (AvgIpc) is 2.46. The van der Waals surface area contributed by atoms with Gasteiger partial charge in [-0.05, 0) is 70.3 Å². The van der Waals surface area contributed by atoms with Gasteiger partial charge in [0.15, 0.2) is 11.5 Å². The molecule has 0 unspecified atom stereocenters. The highest BCUT2D eigenvalue weighted by Gasteiger charge is 2.05. The van der Waals surface area contributed by atoms with Crippen LogP contribution < -0.4 is 14.8 Å². The van der Waals surface area contributed by atoms with E-state index in [-0.39, 0.29) is 0 Å². The van der Waals surface area contributed by atoms with Gasteiger partial charge in [0.25, 0.3) is 0 Å². The van der Waals surface area contributed by atoms with E-state index in [1.807, 2.05) is 19.9 Å². The monoisotopic (exact) mass is 279 g/mol. The third-order valence-corrected chi connectivity index (χ3v) is 3.10. The summed E-state index contributed by atoms with van der Waals surface area (Å²) in [5, 5.41) is 3.43. The quantitative estimate of drug-likeness (QED) is 0.625. The third-order valence-electron chi connectivity index (χ3n) is 3.10. The van der Waals surface area contributed by atoms with Crippen LogP contribution in [0.4, 0.5) is 0 Å². The van der Waals surface area contributed by atoms with Crippen molar-refractivity contribution in [2.75, 3.05) is 26.3 Å². The van der Waals surface area contributed by atoms with Crippen molar-refractivity contribution in [1.29, 1.82) is 0 Å². The molecule has 1 N–H and O–H groups in total. The van der Waals surface area contributed by atoms with Crippen LogP contribution in [0.1, 0.15) is 45.6 Å². The Hall–Kier alpha value is -1.22. The maximum Gasteiger partial charge on any atom is 0.161 e. The van der Waals surface area contributed by atoms with Gasteiger partial charge in [-0.25, -0.2) is 0 Å². The summed E-state index contributed by atoms with van der Waals surface area (Å²) >= 11 is 0. The number of hydrogen-bond acceptors (Lipinski definition) is 3. The fourth-order valence-electron chi connectivity index (χ4n) is 2.13. The maximum atomic E-state index is 5.65. The zero-order valence-corrected chi connectivity index (χ0v) is 13.2. The van der Waals surface area contributed by atoms with Gasteiger partial charge in [0.05, 0.1) is 13.2 Å². The lowest BCUT2D eigenvalue weighted by Crippen LogP contribution is -2.15. The first kappa shape index (κ1) is 16.8. The lowest BCUT2D eigenvalue weighted by Gasteiger charge is -2.12. The van der Waals surface area contributed by atoms with Crippen molar-refractivity contribution in [2.45, 2.75) is 46.5 Å². The first-order chi connectivity index (χ1) is 9.81. The number of benzene rings is 1. The molecule has 0 saturated heterocycles. The van der Waals surface area contributed by atoms with E-state index in [0.29, 0.717) is 13.2 Å². The van der Waals surface area contributed by atoms with Gasteiger partial charge in [-0.3, -0.25) is 0 Å². The van der Waals surface area contributed by atoms with Gasteiger partial charge in [-0.1, -0.05) is 13.0 Å². The second kappa shape index (κ2) is 10.6. The fourth-order valence-corrected chi connectivity index (χ4v) is 2.13. The van der Waals surface area contributed by atoms with Crippen LogP contribution in [-0.2, 0) is 6.42 Å². The summed E-state index contributed by atoms with van der Waals surface area (Å²) in [6.45, 7) is 9.77. The summed E-state index contributed by atoms with van der Waals surface area (Å²) in [4.78, 5) is 0. The average molecular weight is 279 g/mol. The van der Waals surface area contributed by atoms with Crippen LogP contribution in [0.15, 0.2) is 18.2 Å². The van der Waals surface area contributed by atoms with Crippen molar-refractivity contribution in [3.05, 3.63) is 23.8 Å². The molecule has 0 fully saturated rings. The van der Waals surface area contributed by atoms with Gasteiger partial charge in [0.1, 0.15) is 0 Å². The summed E-state index contributed by atoms with van der Waals surface area (Å²) in [5.41, 5.74) is 1.33. The Labute approximate surface area is 123 Å². The Morgan fingerprint density at radius 3 is 2.35 bits per heavy atom. The van der Waals surface area contributed by atoms with E-state index in [0.717, 1.165) is 31.0 Å². The first-order valence-electron chi connectivity index (χ1n) is 7.91. The minimum Gasteiger partial charge on any atom is -0.490 e. The van der Waals surface area contributed by atoms with Crippen LogP contribution in [0.25, 0.3) is 0 Å². The molecule has 20 heavy (non-hydrogen) atoms. The van der Waals surface area contributed by atoms with Crippen LogP contribution in [0.2, 0.25) is 0 Å². The molecule has 0 atom stereocenters. The molecule has 0 aliphatic rings. The topological polar surface area (TPSA) is 30.5 Å². The van der Waals surface area contributed by atoms with Crippen molar-refractivity contribution >= 4 is 0 Å². The molecule has 1 aromatic rings. The molecule has 1 rings (SSSR count). The molecule has 0 bridgehead atoms. The van der Waals surface area contributed by atoms with E-state index >= 15 is 0 Å². The van der Waals surface area contributed by atoms with Crippen molar-refractivity contribution in [1.82, 2.24) is 5.32 Å². The Morgan fingerprint density at radius 1 is 0.900 bits per heavy atom. The number of nitrogens with one attached hydrogen (secondary N) is 1. The van der Waals surface area contributed by atoms with Crippen molar-refractivity contribution < 1.29 is 9.47 Å². The zero-order valence-electron chi connectivity index (χ0n) is 13.2. The number of ether oxygens (including phenoxy) is 2. The van der Waals surface area contributed by atoms with Crippen molar-refractivity contribution in [3.8, 4) is 11.5 Å². The van der Waals surface area contributed by atoms with Crippen LogP contribution in [0.3, 0.4) is 0 Å². The summed E-state index contributed by atoms with van der Waals surface area (Å²) < 4.78 is 11.2. The number of hydrogen-bond donors (Lipinski definition) is 1. The van der Waals surface area contributed by atoms with Crippen LogP contribution in [-0.4, -0.2) is 26.3 Å². The molecular formula is C17H29NO2. The second-order valence-electron chi connectivity index (χ2n) is 4.85. The van der Waals surface area contributed by atoms with Gasteiger partial charge < -0.3 is 14.8 Å². The standard InChI is InChI=1S/C17H29NO2/c1-4-12-18-13-8-7-9-15-10-11-16(19-5-2)17(14-15)20-6-3/h10-11,14,18H,4-9,12-13H2,1-3H3. The molecule has 3 nitrogen and oxygen atoms in total. The highest BCUT2D eigenvalue weighted by Crippen LogP contribution is 2.29. The molecule has 0 aromatic heterocycles. The SMILES string of the molecule is CCCNCCCCc1ccc(OCC)c(OCC)c1. The molecule has 0 amide bonds. The molecular weight excluding hydrogens is 250 g/mol. The molecule has 1 aromatic carbocycles.